The number of nitrogens with one attached hydrogen (secondary N) is 3. The van der Waals surface area contributed by atoms with Gasteiger partial charge < -0.3 is 25.1 Å². The summed E-state index contributed by atoms with van der Waals surface area (Å²) in [5, 5.41) is 6.88. The van der Waals surface area contributed by atoms with E-state index in [9.17, 15) is 14.4 Å². The molecule has 2 aromatic rings. The van der Waals surface area contributed by atoms with Crippen LogP contribution in [-0.4, -0.2) is 42.3 Å². The second-order valence-electron chi connectivity index (χ2n) is 8.71. The lowest BCUT2D eigenvalue weighted by Crippen LogP contribution is -2.48. The number of carbonyl (C=O) groups is 2. The molecule has 180 valence electrons. The minimum absolute atomic E-state index is 0.0101. The topological polar surface area (TPSA) is 110 Å². The van der Waals surface area contributed by atoms with Gasteiger partial charge in [-0.15, -0.1) is 0 Å². The molecule has 0 bridgehead atoms. The molecule has 1 aromatic carbocycles. The smallest absolute Gasteiger partial charge is 0.315 e. The molecule has 8 nitrogen and oxygen atoms in total. The predicted molar refractivity (Wildman–Crippen MR) is 127 cm³/mol. The molecule has 0 spiro atoms. The fourth-order valence-electron chi connectivity index (χ4n) is 4.42. The SMILES string of the molecule is CCC(CNC(=O)NC(CCOc1ccc2[nH]c(=O)ccc2c1)C1CCCCC1)OC(C)=O. The maximum Gasteiger partial charge on any atom is 0.315 e. The second-order valence-corrected chi connectivity index (χ2v) is 8.71. The summed E-state index contributed by atoms with van der Waals surface area (Å²) in [6, 6.07) is 8.62. The molecular formula is C25H35N3O5. The van der Waals surface area contributed by atoms with Gasteiger partial charge in [-0.05, 0) is 49.4 Å². The van der Waals surface area contributed by atoms with Crippen LogP contribution in [0.1, 0.15) is 58.8 Å². The Morgan fingerprint density at radius 3 is 2.67 bits per heavy atom. The van der Waals surface area contributed by atoms with Crippen molar-refractivity contribution in [3.05, 3.63) is 40.7 Å². The van der Waals surface area contributed by atoms with Gasteiger partial charge in [-0.3, -0.25) is 9.59 Å². The lowest BCUT2D eigenvalue weighted by Gasteiger charge is -2.31. The van der Waals surface area contributed by atoms with E-state index in [1.807, 2.05) is 25.1 Å². The number of urea groups is 1. The van der Waals surface area contributed by atoms with Gasteiger partial charge >= 0.3 is 12.0 Å². The number of carbonyl (C=O) groups excluding carboxylic acids is 2. The maximum absolute atomic E-state index is 12.6. The van der Waals surface area contributed by atoms with E-state index in [0.717, 1.165) is 29.5 Å². The highest BCUT2D eigenvalue weighted by Crippen LogP contribution is 2.28. The van der Waals surface area contributed by atoms with Crippen molar-refractivity contribution in [2.24, 2.45) is 5.92 Å². The zero-order chi connectivity index (χ0) is 23.6. The maximum atomic E-state index is 12.6. The van der Waals surface area contributed by atoms with E-state index in [-0.39, 0.29) is 36.3 Å². The van der Waals surface area contributed by atoms with Crippen molar-refractivity contribution in [2.75, 3.05) is 13.2 Å². The number of aromatic nitrogens is 1. The van der Waals surface area contributed by atoms with Crippen molar-refractivity contribution >= 4 is 22.9 Å². The Morgan fingerprint density at radius 1 is 1.15 bits per heavy atom. The molecule has 33 heavy (non-hydrogen) atoms. The average molecular weight is 458 g/mol. The molecule has 1 aromatic heterocycles. The van der Waals surface area contributed by atoms with Crippen LogP contribution in [0, 0.1) is 5.92 Å². The summed E-state index contributed by atoms with van der Waals surface area (Å²) < 4.78 is 11.2. The van der Waals surface area contributed by atoms with Crippen LogP contribution in [0.15, 0.2) is 35.1 Å². The molecule has 0 radical (unpaired) electrons. The van der Waals surface area contributed by atoms with Crippen LogP contribution >= 0.6 is 0 Å². The fourth-order valence-corrected chi connectivity index (χ4v) is 4.42. The van der Waals surface area contributed by atoms with E-state index >= 15 is 0 Å². The van der Waals surface area contributed by atoms with E-state index in [0.29, 0.717) is 25.4 Å². The molecule has 1 aliphatic carbocycles. The van der Waals surface area contributed by atoms with Crippen molar-refractivity contribution in [1.82, 2.24) is 15.6 Å². The molecule has 2 unspecified atom stereocenters. The van der Waals surface area contributed by atoms with Gasteiger partial charge in [0.1, 0.15) is 11.9 Å². The normalized spacial score (nSPS) is 16.1. The Morgan fingerprint density at radius 2 is 1.94 bits per heavy atom. The third-order valence-electron chi connectivity index (χ3n) is 6.21. The molecule has 1 fully saturated rings. The van der Waals surface area contributed by atoms with E-state index in [1.54, 1.807) is 6.07 Å². The first-order valence-corrected chi connectivity index (χ1v) is 11.9. The number of fused-ring (bicyclic) bond motifs is 1. The zero-order valence-electron chi connectivity index (χ0n) is 19.5. The Kier molecular flexibility index (Phi) is 9.15. The number of pyridine rings is 1. The quantitative estimate of drug-likeness (QED) is 0.469. The summed E-state index contributed by atoms with van der Waals surface area (Å²) in [5.74, 6) is 0.806. The minimum atomic E-state index is -0.346. The van der Waals surface area contributed by atoms with E-state index in [4.69, 9.17) is 9.47 Å². The molecule has 2 amide bonds. The molecule has 0 saturated heterocycles. The van der Waals surface area contributed by atoms with Gasteiger partial charge in [-0.2, -0.15) is 0 Å². The predicted octanol–water partition coefficient (Wildman–Crippen LogP) is 3.89. The number of amides is 2. The van der Waals surface area contributed by atoms with Gasteiger partial charge in [0.25, 0.3) is 0 Å². The average Bonchev–Trinajstić information content (AvgIpc) is 2.81. The number of rotatable bonds is 10. The summed E-state index contributed by atoms with van der Waals surface area (Å²) in [6.45, 7) is 4.05. The van der Waals surface area contributed by atoms with E-state index in [1.165, 1.54) is 32.3 Å². The first kappa shape index (κ1) is 24.6. The molecule has 1 heterocycles. The lowest BCUT2D eigenvalue weighted by molar-refractivity contribution is -0.146. The highest BCUT2D eigenvalue weighted by Gasteiger charge is 2.25. The van der Waals surface area contributed by atoms with E-state index < -0.39 is 0 Å². The third kappa shape index (κ3) is 7.80. The first-order chi connectivity index (χ1) is 15.9. The van der Waals surface area contributed by atoms with Gasteiger partial charge in [0.2, 0.25) is 5.56 Å². The number of H-pyrrole nitrogens is 1. The van der Waals surface area contributed by atoms with Crippen LogP contribution in [0.3, 0.4) is 0 Å². The summed E-state index contributed by atoms with van der Waals surface area (Å²) in [4.78, 5) is 38.0. The van der Waals surface area contributed by atoms with Crippen LogP contribution in [-0.2, 0) is 9.53 Å². The van der Waals surface area contributed by atoms with Crippen molar-refractivity contribution in [3.63, 3.8) is 0 Å². The number of esters is 1. The summed E-state index contributed by atoms with van der Waals surface area (Å²) in [6.07, 6.45) is 6.80. The van der Waals surface area contributed by atoms with Crippen LogP contribution in [0.4, 0.5) is 4.79 Å². The number of ether oxygens (including phenoxy) is 2. The summed E-state index contributed by atoms with van der Waals surface area (Å²) >= 11 is 0. The summed E-state index contributed by atoms with van der Waals surface area (Å²) in [7, 11) is 0. The largest absolute Gasteiger partial charge is 0.493 e. The standard InChI is InChI=1S/C25H35N3O5/c1-3-20(33-17(2)29)16-26-25(31)28-23(18-7-5-4-6-8-18)13-14-32-21-10-11-22-19(15-21)9-12-24(30)27-22/h9-12,15,18,20,23H,3-8,13-14,16H2,1-2H3,(H,27,30)(H2,26,28,31). The van der Waals surface area contributed by atoms with Crippen LogP contribution < -0.4 is 20.9 Å². The molecule has 2 atom stereocenters. The van der Waals surface area contributed by atoms with E-state index in [2.05, 4.69) is 15.6 Å². The number of hydrogen-bond donors (Lipinski definition) is 3. The van der Waals surface area contributed by atoms with Crippen molar-refractivity contribution in [2.45, 2.75) is 70.9 Å². The molecule has 8 heteroatoms. The highest BCUT2D eigenvalue weighted by atomic mass is 16.5. The fraction of sp³-hybridized carbons (Fsp3) is 0.560. The Balaban J connectivity index is 1.55. The minimum Gasteiger partial charge on any atom is -0.493 e. The Labute approximate surface area is 194 Å². The Hall–Kier alpha value is -3.03. The number of benzene rings is 1. The highest BCUT2D eigenvalue weighted by molar-refractivity contribution is 5.79. The van der Waals surface area contributed by atoms with Crippen LogP contribution in [0.25, 0.3) is 10.9 Å². The molecule has 1 saturated carbocycles. The van der Waals surface area contributed by atoms with Crippen molar-refractivity contribution in [3.8, 4) is 5.75 Å². The Bertz CT molecular complexity index is 983. The lowest BCUT2D eigenvalue weighted by atomic mass is 9.83. The molecule has 0 aliphatic heterocycles. The molecule has 1 aliphatic rings. The molecule has 3 rings (SSSR count). The second kappa shape index (κ2) is 12.3. The van der Waals surface area contributed by atoms with Crippen molar-refractivity contribution in [1.29, 1.82) is 0 Å². The first-order valence-electron chi connectivity index (χ1n) is 11.9. The molecular weight excluding hydrogens is 422 g/mol. The molecule has 3 N–H and O–H groups in total. The summed E-state index contributed by atoms with van der Waals surface area (Å²) in [5.41, 5.74) is 0.640. The van der Waals surface area contributed by atoms with Gasteiger partial charge in [0, 0.05) is 36.4 Å². The van der Waals surface area contributed by atoms with Gasteiger partial charge in [-0.1, -0.05) is 26.2 Å². The van der Waals surface area contributed by atoms with Crippen molar-refractivity contribution < 1.29 is 19.1 Å². The van der Waals surface area contributed by atoms with Gasteiger partial charge in [0.05, 0.1) is 13.2 Å². The van der Waals surface area contributed by atoms with Gasteiger partial charge in [0.15, 0.2) is 0 Å². The number of hydrogen-bond acceptors (Lipinski definition) is 5. The number of aromatic amines is 1. The van der Waals surface area contributed by atoms with Crippen LogP contribution in [0.2, 0.25) is 0 Å². The monoisotopic (exact) mass is 457 g/mol. The van der Waals surface area contributed by atoms with Crippen LogP contribution in [0.5, 0.6) is 5.75 Å². The zero-order valence-corrected chi connectivity index (χ0v) is 19.5. The van der Waals surface area contributed by atoms with Gasteiger partial charge in [-0.25, -0.2) is 4.79 Å². The third-order valence-corrected chi connectivity index (χ3v) is 6.21.